The molecule has 0 fully saturated rings. The summed E-state index contributed by atoms with van der Waals surface area (Å²) < 4.78 is 0. The van der Waals surface area contributed by atoms with Gasteiger partial charge in [-0.15, -0.1) is 0 Å². The predicted octanol–water partition coefficient (Wildman–Crippen LogP) is 1.36. The maximum Gasteiger partial charge on any atom is 0.0275 e. The summed E-state index contributed by atoms with van der Waals surface area (Å²) in [4.78, 5) is 0. The molecule has 0 spiro atoms. The summed E-state index contributed by atoms with van der Waals surface area (Å²) in [6.45, 7) is 11.6. The van der Waals surface area contributed by atoms with E-state index in [1.165, 1.54) is 0 Å². The standard InChI is InChI=1S/C9H22N2/c1-7(2)9(5,10)6-11-8(3)4/h7-8,11H,6,10H2,1-5H3. The Labute approximate surface area is 70.5 Å². The molecule has 0 amide bonds. The van der Waals surface area contributed by atoms with E-state index in [4.69, 9.17) is 5.73 Å². The van der Waals surface area contributed by atoms with E-state index in [-0.39, 0.29) is 5.54 Å². The Hall–Kier alpha value is -0.0800. The van der Waals surface area contributed by atoms with Crippen LogP contribution in [0.25, 0.3) is 0 Å². The first kappa shape index (κ1) is 10.9. The highest BCUT2D eigenvalue weighted by Crippen LogP contribution is 2.11. The Morgan fingerprint density at radius 1 is 1.27 bits per heavy atom. The Kier molecular flexibility index (Phi) is 4.04. The third kappa shape index (κ3) is 4.38. The molecule has 0 aromatic heterocycles. The van der Waals surface area contributed by atoms with Crippen molar-refractivity contribution in [2.75, 3.05) is 6.54 Å². The summed E-state index contributed by atoms with van der Waals surface area (Å²) in [6, 6.07) is 0.525. The minimum atomic E-state index is -0.0791. The van der Waals surface area contributed by atoms with E-state index in [1.54, 1.807) is 0 Å². The highest BCUT2D eigenvalue weighted by atomic mass is 15.0. The molecule has 0 rings (SSSR count). The SMILES string of the molecule is CC(C)NCC(C)(N)C(C)C. The average molecular weight is 158 g/mol. The Bertz CT molecular complexity index is 106. The first-order valence-corrected chi connectivity index (χ1v) is 4.38. The number of rotatable bonds is 4. The molecule has 0 saturated carbocycles. The van der Waals surface area contributed by atoms with E-state index >= 15 is 0 Å². The molecule has 0 aliphatic rings. The van der Waals surface area contributed by atoms with Gasteiger partial charge in [0.1, 0.15) is 0 Å². The van der Waals surface area contributed by atoms with Crippen LogP contribution in [0, 0.1) is 5.92 Å². The van der Waals surface area contributed by atoms with Gasteiger partial charge >= 0.3 is 0 Å². The van der Waals surface area contributed by atoms with Gasteiger partial charge in [0, 0.05) is 18.1 Å². The molecule has 0 aliphatic heterocycles. The van der Waals surface area contributed by atoms with Crippen LogP contribution in [-0.4, -0.2) is 18.1 Å². The van der Waals surface area contributed by atoms with Crippen molar-refractivity contribution in [3.63, 3.8) is 0 Å². The largest absolute Gasteiger partial charge is 0.324 e. The lowest BCUT2D eigenvalue weighted by Gasteiger charge is -2.30. The molecule has 0 bridgehead atoms. The summed E-state index contributed by atoms with van der Waals surface area (Å²) in [6.07, 6.45) is 0. The number of hydrogen-bond acceptors (Lipinski definition) is 2. The van der Waals surface area contributed by atoms with Crippen LogP contribution >= 0.6 is 0 Å². The monoisotopic (exact) mass is 158 g/mol. The molecule has 1 unspecified atom stereocenters. The van der Waals surface area contributed by atoms with Gasteiger partial charge in [-0.3, -0.25) is 0 Å². The number of nitrogens with two attached hydrogens (primary N) is 1. The lowest BCUT2D eigenvalue weighted by Crippen LogP contribution is -2.51. The molecule has 3 N–H and O–H groups in total. The lowest BCUT2D eigenvalue weighted by atomic mass is 9.89. The summed E-state index contributed by atoms with van der Waals surface area (Å²) in [5.74, 6) is 0.522. The molecule has 1 atom stereocenters. The van der Waals surface area contributed by atoms with Gasteiger partial charge in [0.15, 0.2) is 0 Å². The first-order valence-electron chi connectivity index (χ1n) is 4.38. The maximum absolute atomic E-state index is 6.05. The van der Waals surface area contributed by atoms with Crippen LogP contribution in [0.5, 0.6) is 0 Å². The van der Waals surface area contributed by atoms with E-state index in [0.29, 0.717) is 12.0 Å². The Morgan fingerprint density at radius 2 is 1.73 bits per heavy atom. The zero-order chi connectivity index (χ0) is 9.07. The quantitative estimate of drug-likeness (QED) is 0.648. The zero-order valence-electron chi connectivity index (χ0n) is 8.44. The molecule has 11 heavy (non-hydrogen) atoms. The minimum absolute atomic E-state index is 0.0791. The van der Waals surface area contributed by atoms with Crippen LogP contribution < -0.4 is 11.1 Å². The highest BCUT2D eigenvalue weighted by molar-refractivity contribution is 4.84. The van der Waals surface area contributed by atoms with Gasteiger partial charge in [-0.25, -0.2) is 0 Å². The second-order valence-electron chi connectivity index (χ2n) is 4.20. The summed E-state index contributed by atoms with van der Waals surface area (Å²) in [7, 11) is 0. The Morgan fingerprint density at radius 3 is 2.00 bits per heavy atom. The third-order valence-electron chi connectivity index (χ3n) is 2.21. The summed E-state index contributed by atoms with van der Waals surface area (Å²) in [5, 5.41) is 3.34. The number of hydrogen-bond donors (Lipinski definition) is 2. The molecule has 0 heterocycles. The summed E-state index contributed by atoms with van der Waals surface area (Å²) in [5.41, 5.74) is 5.97. The van der Waals surface area contributed by atoms with Gasteiger partial charge in [-0.05, 0) is 12.8 Å². The van der Waals surface area contributed by atoms with Crippen molar-refractivity contribution in [3.8, 4) is 0 Å². The fourth-order valence-corrected chi connectivity index (χ4v) is 0.628. The van der Waals surface area contributed by atoms with Gasteiger partial charge in [0.25, 0.3) is 0 Å². The van der Waals surface area contributed by atoms with Gasteiger partial charge in [-0.1, -0.05) is 27.7 Å². The van der Waals surface area contributed by atoms with E-state index < -0.39 is 0 Å². The second kappa shape index (κ2) is 4.07. The molecule has 0 aliphatic carbocycles. The predicted molar refractivity (Wildman–Crippen MR) is 50.6 cm³/mol. The fraction of sp³-hybridized carbons (Fsp3) is 1.00. The van der Waals surface area contributed by atoms with Gasteiger partial charge < -0.3 is 11.1 Å². The second-order valence-corrected chi connectivity index (χ2v) is 4.20. The molecular formula is C9H22N2. The lowest BCUT2D eigenvalue weighted by molar-refractivity contribution is 0.313. The first-order chi connectivity index (χ1) is 4.86. The van der Waals surface area contributed by atoms with Crippen molar-refractivity contribution in [1.29, 1.82) is 0 Å². The van der Waals surface area contributed by atoms with E-state index in [2.05, 4.69) is 39.9 Å². The summed E-state index contributed by atoms with van der Waals surface area (Å²) >= 11 is 0. The van der Waals surface area contributed by atoms with Crippen molar-refractivity contribution in [1.82, 2.24) is 5.32 Å². The van der Waals surface area contributed by atoms with Crippen LogP contribution in [-0.2, 0) is 0 Å². The smallest absolute Gasteiger partial charge is 0.0275 e. The van der Waals surface area contributed by atoms with E-state index in [0.717, 1.165) is 6.54 Å². The normalized spacial score (nSPS) is 17.5. The van der Waals surface area contributed by atoms with Gasteiger partial charge in [-0.2, -0.15) is 0 Å². The van der Waals surface area contributed by atoms with Gasteiger partial charge in [0.2, 0.25) is 0 Å². The molecule has 0 radical (unpaired) electrons. The molecule has 0 aromatic carbocycles. The zero-order valence-corrected chi connectivity index (χ0v) is 8.44. The van der Waals surface area contributed by atoms with Crippen molar-refractivity contribution < 1.29 is 0 Å². The van der Waals surface area contributed by atoms with Crippen LogP contribution in [0.4, 0.5) is 0 Å². The van der Waals surface area contributed by atoms with Crippen molar-refractivity contribution in [3.05, 3.63) is 0 Å². The van der Waals surface area contributed by atoms with Crippen molar-refractivity contribution >= 4 is 0 Å². The molecule has 0 aromatic rings. The average Bonchev–Trinajstić information content (AvgIpc) is 1.84. The molecule has 68 valence electrons. The number of nitrogens with one attached hydrogen (secondary N) is 1. The van der Waals surface area contributed by atoms with Crippen molar-refractivity contribution in [2.24, 2.45) is 11.7 Å². The van der Waals surface area contributed by atoms with Gasteiger partial charge in [0.05, 0.1) is 0 Å². The van der Waals surface area contributed by atoms with Crippen LogP contribution in [0.15, 0.2) is 0 Å². The highest BCUT2D eigenvalue weighted by Gasteiger charge is 2.22. The fourth-order valence-electron chi connectivity index (χ4n) is 0.628. The van der Waals surface area contributed by atoms with Crippen LogP contribution in [0.1, 0.15) is 34.6 Å². The van der Waals surface area contributed by atoms with E-state index in [1.807, 2.05) is 0 Å². The minimum Gasteiger partial charge on any atom is -0.324 e. The van der Waals surface area contributed by atoms with E-state index in [9.17, 15) is 0 Å². The topological polar surface area (TPSA) is 38.0 Å². The maximum atomic E-state index is 6.05. The third-order valence-corrected chi connectivity index (χ3v) is 2.21. The molecule has 2 heteroatoms. The molecule has 0 saturated heterocycles. The van der Waals surface area contributed by atoms with Crippen molar-refractivity contribution in [2.45, 2.75) is 46.2 Å². The molecule has 2 nitrogen and oxygen atoms in total. The van der Waals surface area contributed by atoms with Crippen LogP contribution in [0.2, 0.25) is 0 Å². The molecular weight excluding hydrogens is 136 g/mol. The Balaban J connectivity index is 3.73. The van der Waals surface area contributed by atoms with Crippen LogP contribution in [0.3, 0.4) is 0 Å².